The lowest BCUT2D eigenvalue weighted by molar-refractivity contribution is 0.662. The van der Waals surface area contributed by atoms with Crippen molar-refractivity contribution in [3.63, 3.8) is 0 Å². The molecule has 0 fully saturated rings. The molecule has 0 saturated carbocycles. The summed E-state index contributed by atoms with van der Waals surface area (Å²) in [6.07, 6.45) is 0. The van der Waals surface area contributed by atoms with E-state index >= 15 is 0 Å². The normalized spacial score (nSPS) is 13.0. The average molecular weight is 665 g/mol. The summed E-state index contributed by atoms with van der Waals surface area (Å²) in [7, 11) is 0. The summed E-state index contributed by atoms with van der Waals surface area (Å²) < 4.78 is 2.43. The number of aromatic nitrogens is 2. The highest BCUT2D eigenvalue weighted by Crippen LogP contribution is 2.52. The third-order valence-electron chi connectivity index (χ3n) is 11.0. The molecule has 2 heterocycles. The predicted molar refractivity (Wildman–Crippen MR) is 218 cm³/mol. The molecule has 0 N–H and O–H groups in total. The van der Waals surface area contributed by atoms with E-state index in [-0.39, 0.29) is 5.41 Å². The van der Waals surface area contributed by atoms with E-state index in [9.17, 15) is 0 Å². The molecule has 0 unspecified atom stereocenters. The molecule has 0 saturated heterocycles. The molecule has 1 aliphatic rings. The van der Waals surface area contributed by atoms with E-state index in [1.807, 2.05) is 0 Å². The monoisotopic (exact) mass is 664 g/mol. The number of rotatable bonds is 5. The molecule has 2 heteroatoms. The summed E-state index contributed by atoms with van der Waals surface area (Å²) in [5.74, 6) is 0. The fraction of sp³-hybridized carbons (Fsp3) is 0.0600. The highest BCUT2D eigenvalue weighted by molar-refractivity contribution is 6.14. The first-order valence-corrected chi connectivity index (χ1v) is 18.1. The lowest BCUT2D eigenvalue weighted by Crippen LogP contribution is -2.16. The maximum absolute atomic E-state index is 5.38. The van der Waals surface area contributed by atoms with Gasteiger partial charge in [-0.05, 0) is 80.9 Å². The first kappa shape index (κ1) is 30.3. The Morgan fingerprint density at radius 1 is 0.423 bits per heavy atom. The van der Waals surface area contributed by atoms with Gasteiger partial charge >= 0.3 is 0 Å². The van der Waals surface area contributed by atoms with Gasteiger partial charge in [-0.2, -0.15) is 0 Å². The van der Waals surface area contributed by atoms with Crippen molar-refractivity contribution in [1.82, 2.24) is 9.55 Å². The molecule has 0 atom stereocenters. The average Bonchev–Trinajstić information content (AvgIpc) is 3.67. The second-order valence-electron chi connectivity index (χ2n) is 14.4. The van der Waals surface area contributed by atoms with Crippen LogP contribution in [0.5, 0.6) is 0 Å². The summed E-state index contributed by atoms with van der Waals surface area (Å²) in [6, 6.07) is 65.8. The highest BCUT2D eigenvalue weighted by Gasteiger charge is 2.37. The smallest absolute Gasteiger partial charge is 0.0737 e. The van der Waals surface area contributed by atoms with Gasteiger partial charge in [0, 0.05) is 33.0 Å². The molecular weight excluding hydrogens is 629 g/mol. The van der Waals surface area contributed by atoms with Crippen molar-refractivity contribution >= 4 is 21.8 Å². The Morgan fingerprint density at radius 2 is 1.04 bits per heavy atom. The summed E-state index contributed by atoms with van der Waals surface area (Å²) >= 11 is 0. The van der Waals surface area contributed by atoms with Gasteiger partial charge in [-0.1, -0.05) is 159 Å². The van der Waals surface area contributed by atoms with E-state index in [2.05, 4.69) is 200 Å². The quantitative estimate of drug-likeness (QED) is 0.179. The highest BCUT2D eigenvalue weighted by atomic mass is 15.0. The van der Waals surface area contributed by atoms with Gasteiger partial charge in [0.2, 0.25) is 0 Å². The Balaban J connectivity index is 1.24. The number of fused-ring (bicyclic) bond motifs is 6. The fourth-order valence-electron chi connectivity index (χ4n) is 8.60. The second kappa shape index (κ2) is 11.8. The Kier molecular flexibility index (Phi) is 6.87. The molecule has 0 spiro atoms. The molecule has 7 aromatic carbocycles. The third kappa shape index (κ3) is 4.68. The second-order valence-corrected chi connectivity index (χ2v) is 14.4. The molecule has 0 radical (unpaired) electrons. The van der Waals surface area contributed by atoms with Crippen LogP contribution in [-0.2, 0) is 5.41 Å². The predicted octanol–water partition coefficient (Wildman–Crippen LogP) is 13.2. The number of benzene rings is 7. The summed E-state index contributed by atoms with van der Waals surface area (Å²) in [5.41, 5.74) is 17.8. The molecular formula is C50H36N2. The van der Waals surface area contributed by atoms with E-state index in [0.717, 1.165) is 39.3 Å². The topological polar surface area (TPSA) is 17.8 Å². The maximum atomic E-state index is 5.38. The van der Waals surface area contributed by atoms with Gasteiger partial charge in [0.05, 0.1) is 22.4 Å². The van der Waals surface area contributed by atoms with Gasteiger partial charge in [0.1, 0.15) is 0 Å². The number of pyridine rings is 1. The van der Waals surface area contributed by atoms with Crippen molar-refractivity contribution in [2.75, 3.05) is 0 Å². The first-order chi connectivity index (χ1) is 25.6. The summed E-state index contributed by atoms with van der Waals surface area (Å²) in [5, 5.41) is 2.44. The van der Waals surface area contributed by atoms with Crippen LogP contribution in [0.2, 0.25) is 0 Å². The van der Waals surface area contributed by atoms with Crippen LogP contribution < -0.4 is 0 Å². The van der Waals surface area contributed by atoms with Gasteiger partial charge in [-0.3, -0.25) is 0 Å². The zero-order chi connectivity index (χ0) is 34.8. The van der Waals surface area contributed by atoms with E-state index in [0.29, 0.717) is 0 Å². The van der Waals surface area contributed by atoms with Crippen LogP contribution in [-0.4, -0.2) is 9.55 Å². The maximum Gasteiger partial charge on any atom is 0.0737 e. The van der Waals surface area contributed by atoms with Gasteiger partial charge in [-0.25, -0.2) is 4.98 Å². The number of nitrogens with zero attached hydrogens (tertiary/aromatic N) is 2. The molecule has 0 bridgehead atoms. The first-order valence-electron chi connectivity index (χ1n) is 18.1. The largest absolute Gasteiger partial charge is 0.309 e. The molecule has 2 aromatic heterocycles. The minimum absolute atomic E-state index is 0.103. The van der Waals surface area contributed by atoms with Crippen LogP contribution in [0.15, 0.2) is 182 Å². The zero-order valence-electron chi connectivity index (χ0n) is 29.2. The van der Waals surface area contributed by atoms with Crippen molar-refractivity contribution in [3.05, 3.63) is 193 Å². The lowest BCUT2D eigenvalue weighted by atomic mass is 9.79. The minimum Gasteiger partial charge on any atom is -0.309 e. The van der Waals surface area contributed by atoms with Crippen LogP contribution in [0.3, 0.4) is 0 Å². The summed E-state index contributed by atoms with van der Waals surface area (Å²) in [4.78, 5) is 5.38. The van der Waals surface area contributed by atoms with Crippen LogP contribution >= 0.6 is 0 Å². The molecule has 2 nitrogen and oxygen atoms in total. The number of para-hydroxylation sites is 2. The Labute approximate surface area is 304 Å². The van der Waals surface area contributed by atoms with Crippen LogP contribution in [0.1, 0.15) is 25.0 Å². The molecule has 52 heavy (non-hydrogen) atoms. The third-order valence-corrected chi connectivity index (χ3v) is 11.0. The molecule has 10 rings (SSSR count). The van der Waals surface area contributed by atoms with E-state index in [1.54, 1.807) is 0 Å². The number of hydrogen-bond acceptors (Lipinski definition) is 1. The van der Waals surface area contributed by atoms with Crippen molar-refractivity contribution in [3.8, 4) is 61.6 Å². The van der Waals surface area contributed by atoms with Gasteiger partial charge in [0.15, 0.2) is 0 Å². The van der Waals surface area contributed by atoms with Crippen LogP contribution in [0.25, 0.3) is 83.4 Å². The molecule has 246 valence electrons. The van der Waals surface area contributed by atoms with Crippen molar-refractivity contribution in [2.24, 2.45) is 0 Å². The van der Waals surface area contributed by atoms with Gasteiger partial charge in [0.25, 0.3) is 0 Å². The van der Waals surface area contributed by atoms with Crippen LogP contribution in [0.4, 0.5) is 0 Å². The fourth-order valence-corrected chi connectivity index (χ4v) is 8.60. The Bertz CT molecular complexity index is 2730. The molecule has 9 aromatic rings. The van der Waals surface area contributed by atoms with E-state index in [1.165, 1.54) is 55.2 Å². The van der Waals surface area contributed by atoms with Crippen molar-refractivity contribution in [1.29, 1.82) is 0 Å². The van der Waals surface area contributed by atoms with E-state index in [4.69, 9.17) is 4.98 Å². The summed E-state index contributed by atoms with van der Waals surface area (Å²) in [6.45, 7) is 4.74. The SMILES string of the molecule is CC1(C)c2ccccc2-c2cccc(-c3ccc4c(c3)c3cccc(-c5cc(-c6ccccc6)cc(-c6ccccc6)n5)c3n4-c3ccccc3)c21. The van der Waals surface area contributed by atoms with Crippen LogP contribution in [0, 0.1) is 0 Å². The van der Waals surface area contributed by atoms with Gasteiger partial charge < -0.3 is 4.57 Å². The number of hydrogen-bond donors (Lipinski definition) is 0. The Hall–Kier alpha value is -6.51. The van der Waals surface area contributed by atoms with Crippen molar-refractivity contribution < 1.29 is 0 Å². The van der Waals surface area contributed by atoms with Crippen molar-refractivity contribution in [2.45, 2.75) is 19.3 Å². The van der Waals surface area contributed by atoms with E-state index < -0.39 is 0 Å². The standard InChI is InChI=1S/C50H36N2/c1-50(2)44-27-13-12-22-39(44)40-24-14-23-38(48(40)50)35-28-29-47-43(30-35)41-25-15-26-42(49(41)52(47)37-20-10-5-11-21-37)46-32-36(33-16-6-3-7-17-33)31-45(51-46)34-18-8-4-9-19-34/h3-32H,1-2H3. The molecule has 1 aliphatic carbocycles. The van der Waals surface area contributed by atoms with Gasteiger partial charge in [-0.15, -0.1) is 0 Å². The molecule has 0 amide bonds. The minimum atomic E-state index is -0.103. The zero-order valence-corrected chi connectivity index (χ0v) is 29.2. The lowest BCUT2D eigenvalue weighted by Gasteiger charge is -2.24. The molecule has 0 aliphatic heterocycles. The Morgan fingerprint density at radius 3 is 1.83 bits per heavy atom.